The van der Waals surface area contributed by atoms with Gasteiger partial charge in [-0.3, -0.25) is 9.59 Å². The molecule has 6 saturated carbocycles. The molecule has 41 heavy (non-hydrogen) atoms. The van der Waals surface area contributed by atoms with Crippen LogP contribution in [0.5, 0.6) is 5.75 Å². The van der Waals surface area contributed by atoms with E-state index in [0.717, 1.165) is 5.57 Å². The summed E-state index contributed by atoms with van der Waals surface area (Å²) in [4.78, 5) is 40.7. The van der Waals surface area contributed by atoms with Crippen LogP contribution in [0, 0.1) is 45.3 Å². The SMILES string of the molecule is C=C1C2C3(OC(=O)c4ccc(OC)cc4)C(=O)[C@@]45[C@@H](CC[C@@H]1[C@@]234)[C@@]12CO[C@]5(O)[C@@H](O)[C@@H]1C(C)(C)CCC2OC(C)=O. The molecule has 2 saturated heterocycles. The Morgan fingerprint density at radius 3 is 2.49 bits per heavy atom. The highest BCUT2D eigenvalue weighted by atomic mass is 16.7. The van der Waals surface area contributed by atoms with E-state index in [0.29, 0.717) is 31.4 Å². The molecular formula is C32H36O9. The fraction of sp³-hybridized carbons (Fsp3) is 0.656. The Kier molecular flexibility index (Phi) is 4.57. The summed E-state index contributed by atoms with van der Waals surface area (Å²) in [6, 6.07) is 6.50. The van der Waals surface area contributed by atoms with E-state index in [2.05, 4.69) is 20.4 Å². The molecule has 1 aromatic rings. The number of hydrogen-bond donors (Lipinski definition) is 2. The van der Waals surface area contributed by atoms with Crippen molar-refractivity contribution in [3.05, 3.63) is 42.0 Å². The summed E-state index contributed by atoms with van der Waals surface area (Å²) in [5, 5.41) is 24.6. The molecule has 9 rings (SSSR count). The topological polar surface area (TPSA) is 129 Å². The van der Waals surface area contributed by atoms with Gasteiger partial charge in [-0.1, -0.05) is 26.0 Å². The van der Waals surface area contributed by atoms with Crippen molar-refractivity contribution in [2.75, 3.05) is 13.7 Å². The molecule has 8 fully saturated rings. The van der Waals surface area contributed by atoms with Crippen molar-refractivity contribution >= 4 is 17.7 Å². The van der Waals surface area contributed by atoms with Gasteiger partial charge in [-0.05, 0) is 67.2 Å². The van der Waals surface area contributed by atoms with Crippen LogP contribution in [0.2, 0.25) is 0 Å². The molecule has 3 unspecified atom stereocenters. The van der Waals surface area contributed by atoms with Crippen LogP contribution in [0.3, 0.4) is 0 Å². The number of methoxy groups -OCH3 is 1. The van der Waals surface area contributed by atoms with Crippen molar-refractivity contribution in [3.63, 3.8) is 0 Å². The van der Waals surface area contributed by atoms with E-state index in [1.807, 2.05) is 0 Å². The highest BCUT2D eigenvalue weighted by Gasteiger charge is 3.13. The molecular weight excluding hydrogens is 528 g/mol. The second kappa shape index (κ2) is 7.24. The zero-order valence-electron chi connectivity index (χ0n) is 23.8. The molecule has 1 aromatic carbocycles. The molecule has 11 atom stereocenters. The molecule has 0 amide bonds. The molecule has 2 bridgehead atoms. The number of ether oxygens (including phenoxy) is 4. The predicted molar refractivity (Wildman–Crippen MR) is 141 cm³/mol. The Labute approximate surface area is 238 Å². The number of aliphatic hydroxyl groups excluding tert-OH is 1. The summed E-state index contributed by atoms with van der Waals surface area (Å²) in [5.41, 5.74) is -3.98. The molecule has 218 valence electrons. The number of hydrogen-bond acceptors (Lipinski definition) is 9. The number of fused-ring (bicyclic) bond motifs is 2. The zero-order valence-corrected chi connectivity index (χ0v) is 23.8. The number of ketones is 1. The second-order valence-corrected chi connectivity index (χ2v) is 14.2. The second-order valence-electron chi connectivity index (χ2n) is 14.2. The summed E-state index contributed by atoms with van der Waals surface area (Å²) in [6.07, 6.45) is 0.609. The van der Waals surface area contributed by atoms with Crippen LogP contribution >= 0.6 is 0 Å². The first-order valence-corrected chi connectivity index (χ1v) is 14.7. The lowest BCUT2D eigenvalue weighted by Gasteiger charge is -2.80. The molecule has 8 aliphatic rings. The van der Waals surface area contributed by atoms with Gasteiger partial charge in [-0.15, -0.1) is 0 Å². The van der Waals surface area contributed by atoms with Crippen molar-refractivity contribution < 1.29 is 43.5 Å². The number of esters is 2. The van der Waals surface area contributed by atoms with E-state index in [9.17, 15) is 24.6 Å². The Morgan fingerprint density at radius 1 is 1.12 bits per heavy atom. The third-order valence-corrected chi connectivity index (χ3v) is 12.8. The third-order valence-electron chi connectivity index (χ3n) is 12.8. The van der Waals surface area contributed by atoms with Crippen molar-refractivity contribution in [2.45, 2.75) is 70.1 Å². The molecule has 0 radical (unpaired) electrons. The van der Waals surface area contributed by atoms with Gasteiger partial charge in [0, 0.05) is 24.2 Å². The quantitative estimate of drug-likeness (QED) is 0.419. The summed E-state index contributed by atoms with van der Waals surface area (Å²) in [6.45, 7) is 9.90. The minimum atomic E-state index is -2.15. The van der Waals surface area contributed by atoms with Crippen molar-refractivity contribution in [3.8, 4) is 5.75 Å². The van der Waals surface area contributed by atoms with Crippen LogP contribution < -0.4 is 4.74 Å². The van der Waals surface area contributed by atoms with Gasteiger partial charge in [0.1, 0.15) is 23.4 Å². The Morgan fingerprint density at radius 2 is 1.83 bits per heavy atom. The zero-order chi connectivity index (χ0) is 29.1. The molecule has 2 heterocycles. The van der Waals surface area contributed by atoms with Gasteiger partial charge in [0.05, 0.1) is 24.7 Å². The molecule has 2 N–H and O–H groups in total. The fourth-order valence-electron chi connectivity index (χ4n) is 11.9. The number of Topliss-reactive ketones (excluding diaryl/α,β-unsaturated/α-hetero) is 1. The summed E-state index contributed by atoms with van der Waals surface area (Å²) in [5.74, 6) is -4.48. The summed E-state index contributed by atoms with van der Waals surface area (Å²) in [7, 11) is 1.54. The minimum absolute atomic E-state index is 0.0807. The van der Waals surface area contributed by atoms with Crippen LogP contribution in [-0.4, -0.2) is 65.2 Å². The average Bonchev–Trinajstić information content (AvgIpc) is 3.39. The van der Waals surface area contributed by atoms with Crippen LogP contribution in [-0.2, 0) is 23.8 Å². The van der Waals surface area contributed by atoms with Gasteiger partial charge in [0.2, 0.25) is 5.79 Å². The number of benzene rings is 1. The summed E-state index contributed by atoms with van der Waals surface area (Å²) < 4.78 is 23.6. The van der Waals surface area contributed by atoms with Gasteiger partial charge < -0.3 is 29.2 Å². The highest BCUT2D eigenvalue weighted by Crippen LogP contribution is 3.01. The molecule has 9 heteroatoms. The number of carbonyl (C=O) groups excluding carboxylic acids is 3. The maximum absolute atomic E-state index is 14.9. The highest BCUT2D eigenvalue weighted by molar-refractivity contribution is 6.14. The van der Waals surface area contributed by atoms with E-state index in [1.165, 1.54) is 14.0 Å². The van der Waals surface area contributed by atoms with Crippen molar-refractivity contribution in [2.24, 2.45) is 45.3 Å². The lowest BCUT2D eigenvalue weighted by molar-refractivity contribution is -0.475. The monoisotopic (exact) mass is 564 g/mol. The maximum atomic E-state index is 14.9. The molecule has 9 nitrogen and oxygen atoms in total. The Balaban J connectivity index is 1.27. The van der Waals surface area contributed by atoms with E-state index < -0.39 is 80.7 Å². The van der Waals surface area contributed by atoms with Crippen molar-refractivity contribution in [1.82, 2.24) is 0 Å². The molecule has 3 spiro atoms. The average molecular weight is 565 g/mol. The van der Waals surface area contributed by atoms with Crippen molar-refractivity contribution in [1.29, 1.82) is 0 Å². The lowest BCUT2D eigenvalue weighted by atomic mass is 9.27. The van der Waals surface area contributed by atoms with E-state index in [4.69, 9.17) is 18.9 Å². The van der Waals surface area contributed by atoms with Crippen LogP contribution in [0.25, 0.3) is 0 Å². The first-order chi connectivity index (χ1) is 19.3. The largest absolute Gasteiger partial charge is 0.497 e. The Bertz CT molecular complexity index is 1450. The van der Waals surface area contributed by atoms with Crippen LogP contribution in [0.1, 0.15) is 56.8 Å². The van der Waals surface area contributed by atoms with E-state index in [1.54, 1.807) is 24.3 Å². The molecule has 2 aliphatic heterocycles. The van der Waals surface area contributed by atoms with Gasteiger partial charge in [0.25, 0.3) is 0 Å². The molecule has 0 aromatic heterocycles. The number of rotatable bonds is 4. The Hall–Kier alpha value is -2.75. The lowest BCUT2D eigenvalue weighted by Crippen LogP contribution is -2.91. The standard InChI is InChI=1S/C32H36O9/c1-15-19-10-11-20-28-14-39-32(37,24(34)23(28)27(3,4)13-12-21(28)40-16(2)33)30(20)26(36)31(22(15)29(19,30)31)41-25(35)17-6-8-18(38-5)9-7-17/h6-9,19-24,34,37H,1,10-14H2,2-5H3/t19-,20-,21?,22?,23+,24-,28+,29-,30-,31?,32+/m0/s1. The van der Waals surface area contributed by atoms with Gasteiger partial charge in [0.15, 0.2) is 11.4 Å². The first kappa shape index (κ1) is 25.9. The smallest absolute Gasteiger partial charge is 0.339 e. The van der Waals surface area contributed by atoms with E-state index in [-0.39, 0.29) is 18.1 Å². The van der Waals surface area contributed by atoms with Crippen LogP contribution in [0.4, 0.5) is 0 Å². The molecule has 6 aliphatic carbocycles. The van der Waals surface area contributed by atoms with Gasteiger partial charge >= 0.3 is 11.9 Å². The number of carbonyl (C=O) groups is 3. The van der Waals surface area contributed by atoms with Gasteiger partial charge in [-0.2, -0.15) is 0 Å². The van der Waals surface area contributed by atoms with Crippen LogP contribution in [0.15, 0.2) is 36.4 Å². The maximum Gasteiger partial charge on any atom is 0.339 e. The van der Waals surface area contributed by atoms with Gasteiger partial charge in [-0.25, -0.2) is 4.79 Å². The fourth-order valence-corrected chi connectivity index (χ4v) is 11.9. The first-order valence-electron chi connectivity index (χ1n) is 14.7. The summed E-state index contributed by atoms with van der Waals surface area (Å²) >= 11 is 0. The predicted octanol–water partition coefficient (Wildman–Crippen LogP) is 2.82. The minimum Gasteiger partial charge on any atom is -0.497 e. The third kappa shape index (κ3) is 2.26. The van der Waals surface area contributed by atoms with E-state index >= 15 is 0 Å². The normalized spacial score (nSPS) is 50.6. The number of aliphatic hydroxyl groups is 2.